The fraction of sp³-hybridized carbons (Fsp3) is 0.261. The van der Waals surface area contributed by atoms with E-state index in [4.69, 9.17) is 0 Å². The molecule has 4 rings (SSSR count). The highest BCUT2D eigenvalue weighted by atomic mass is 32.2. The van der Waals surface area contributed by atoms with Gasteiger partial charge < -0.3 is 9.88 Å². The van der Waals surface area contributed by atoms with Crippen LogP contribution in [0.5, 0.6) is 0 Å². The summed E-state index contributed by atoms with van der Waals surface area (Å²) in [6, 6.07) is 14.7. The van der Waals surface area contributed by atoms with E-state index >= 15 is 0 Å². The third-order valence-electron chi connectivity index (χ3n) is 5.17. The average Bonchev–Trinajstić information content (AvgIpc) is 3.44. The molecule has 1 aliphatic heterocycles. The van der Waals surface area contributed by atoms with Crippen molar-refractivity contribution in [3.63, 3.8) is 0 Å². The average molecular weight is 406 g/mol. The van der Waals surface area contributed by atoms with Crippen molar-refractivity contribution in [3.05, 3.63) is 95.1 Å². The van der Waals surface area contributed by atoms with E-state index in [1.54, 1.807) is 0 Å². The van der Waals surface area contributed by atoms with Crippen LogP contribution >= 0.6 is 11.9 Å². The lowest BCUT2D eigenvalue weighted by atomic mass is 10.1. The van der Waals surface area contributed by atoms with Gasteiger partial charge in [-0.15, -0.1) is 0 Å². The molecule has 1 N–H and O–H groups in total. The zero-order valence-corrected chi connectivity index (χ0v) is 17.8. The third-order valence-corrected chi connectivity index (χ3v) is 6.38. The number of hydrogen-bond acceptors (Lipinski definition) is 4. The summed E-state index contributed by atoms with van der Waals surface area (Å²) in [5.41, 5.74) is 4.95. The van der Waals surface area contributed by atoms with Crippen LogP contribution in [-0.2, 0) is 19.5 Å². The molecule has 0 spiro atoms. The molecule has 5 nitrogen and oxygen atoms in total. The molecule has 0 unspecified atom stereocenters. The van der Waals surface area contributed by atoms with E-state index in [1.165, 1.54) is 21.9 Å². The van der Waals surface area contributed by atoms with Crippen molar-refractivity contribution in [1.82, 2.24) is 24.0 Å². The molecule has 0 amide bonds. The Morgan fingerprint density at radius 3 is 2.86 bits per heavy atom. The van der Waals surface area contributed by atoms with Gasteiger partial charge in [0.1, 0.15) is 0 Å². The molecule has 0 saturated carbocycles. The van der Waals surface area contributed by atoms with Gasteiger partial charge in [-0.1, -0.05) is 24.3 Å². The summed E-state index contributed by atoms with van der Waals surface area (Å²) < 4.78 is 6.71. The molecule has 0 saturated heterocycles. The summed E-state index contributed by atoms with van der Waals surface area (Å²) in [5.74, 6) is 0. The van der Waals surface area contributed by atoms with E-state index in [0.29, 0.717) is 0 Å². The van der Waals surface area contributed by atoms with Gasteiger partial charge >= 0.3 is 0 Å². The number of rotatable bonds is 7. The minimum atomic E-state index is 0.861. The molecule has 3 aromatic rings. The first kappa shape index (κ1) is 19.6. The smallest absolute Gasteiger partial charge is 0.0680 e. The largest absolute Gasteiger partial charge is 0.391 e. The number of fused-ring (bicyclic) bond motifs is 1. The molecular weight excluding hydrogens is 378 g/mol. The lowest BCUT2D eigenvalue weighted by molar-refractivity contribution is 0.377. The van der Waals surface area contributed by atoms with Crippen molar-refractivity contribution in [2.75, 3.05) is 13.6 Å². The SMILES string of the molecule is CN/C(C)=C(\C=C\Cc1ccccc1-n1cccn1)SN1CCn2cccc2C1. The first-order valence-corrected chi connectivity index (χ1v) is 10.7. The Kier molecular flexibility index (Phi) is 6.22. The van der Waals surface area contributed by atoms with Gasteiger partial charge in [0, 0.05) is 61.6 Å². The van der Waals surface area contributed by atoms with Gasteiger partial charge in [-0.3, -0.25) is 0 Å². The summed E-state index contributed by atoms with van der Waals surface area (Å²) in [6.45, 7) is 5.19. The number of benzene rings is 1. The molecule has 1 aliphatic rings. The number of allylic oxidation sites excluding steroid dienone is 3. The molecule has 0 aliphatic carbocycles. The molecule has 2 aromatic heterocycles. The highest BCUT2D eigenvalue weighted by molar-refractivity contribution is 8.01. The molecule has 29 heavy (non-hydrogen) atoms. The minimum absolute atomic E-state index is 0.861. The fourth-order valence-electron chi connectivity index (χ4n) is 3.47. The highest BCUT2D eigenvalue weighted by Crippen LogP contribution is 2.29. The molecule has 0 radical (unpaired) electrons. The van der Waals surface area contributed by atoms with Crippen molar-refractivity contribution in [2.24, 2.45) is 0 Å². The Labute approximate surface area is 176 Å². The summed E-state index contributed by atoms with van der Waals surface area (Å²) in [7, 11) is 1.98. The van der Waals surface area contributed by atoms with Crippen molar-refractivity contribution in [1.29, 1.82) is 0 Å². The molecule has 1 aromatic carbocycles. The number of para-hydroxylation sites is 1. The summed E-state index contributed by atoms with van der Waals surface area (Å²) in [4.78, 5) is 1.25. The van der Waals surface area contributed by atoms with Crippen LogP contribution < -0.4 is 5.32 Å². The van der Waals surface area contributed by atoms with Crippen LogP contribution in [0.1, 0.15) is 18.2 Å². The Morgan fingerprint density at radius 2 is 2.03 bits per heavy atom. The molecule has 0 fully saturated rings. The number of aromatic nitrogens is 3. The van der Waals surface area contributed by atoms with Crippen LogP contribution in [0, 0.1) is 0 Å². The molecule has 150 valence electrons. The van der Waals surface area contributed by atoms with Gasteiger partial charge in [-0.2, -0.15) is 5.10 Å². The van der Waals surface area contributed by atoms with Crippen molar-refractivity contribution >= 4 is 11.9 Å². The van der Waals surface area contributed by atoms with Crippen molar-refractivity contribution < 1.29 is 0 Å². The number of nitrogens with one attached hydrogen (secondary N) is 1. The molecule has 0 atom stereocenters. The predicted octanol–water partition coefficient (Wildman–Crippen LogP) is 4.39. The van der Waals surface area contributed by atoms with Crippen LogP contribution in [0.15, 0.2) is 83.8 Å². The van der Waals surface area contributed by atoms with E-state index in [1.807, 2.05) is 42.1 Å². The van der Waals surface area contributed by atoms with E-state index in [2.05, 4.69) is 81.0 Å². The Morgan fingerprint density at radius 1 is 1.14 bits per heavy atom. The van der Waals surface area contributed by atoms with Gasteiger partial charge in [-0.25, -0.2) is 8.99 Å². The summed E-state index contributed by atoms with van der Waals surface area (Å²) in [5, 5.41) is 7.70. The van der Waals surface area contributed by atoms with Crippen molar-refractivity contribution in [3.8, 4) is 5.69 Å². The number of nitrogens with zero attached hydrogens (tertiary/aromatic N) is 4. The lowest BCUT2D eigenvalue weighted by Gasteiger charge is -2.28. The topological polar surface area (TPSA) is 38.0 Å². The standard InChI is InChI=1S/C23H27N5S/c1-19(24-2)23(29-27-17-16-26-14-6-10-21(26)18-27)12-5-9-20-8-3-4-11-22(20)28-15-7-13-25-28/h3-8,10-15,24H,9,16-18H2,1-2H3/b12-5+,23-19+. The third kappa shape index (κ3) is 4.66. The van der Waals surface area contributed by atoms with Gasteiger partial charge in [-0.05, 0) is 61.2 Å². The Balaban J connectivity index is 1.47. The fourth-order valence-corrected chi connectivity index (χ4v) is 4.51. The maximum absolute atomic E-state index is 4.38. The number of hydrogen-bond donors (Lipinski definition) is 1. The van der Waals surface area contributed by atoms with Gasteiger partial charge in [0.15, 0.2) is 0 Å². The van der Waals surface area contributed by atoms with E-state index in [9.17, 15) is 0 Å². The summed E-state index contributed by atoms with van der Waals surface area (Å²) >= 11 is 1.84. The van der Waals surface area contributed by atoms with E-state index in [-0.39, 0.29) is 0 Å². The monoisotopic (exact) mass is 405 g/mol. The Hall–Kier alpha value is -2.70. The second-order valence-electron chi connectivity index (χ2n) is 7.07. The quantitative estimate of drug-likeness (QED) is 0.467. The first-order chi connectivity index (χ1) is 14.2. The predicted molar refractivity (Wildman–Crippen MR) is 121 cm³/mol. The van der Waals surface area contributed by atoms with Crippen LogP contribution in [0.2, 0.25) is 0 Å². The van der Waals surface area contributed by atoms with E-state index in [0.717, 1.165) is 31.7 Å². The summed E-state index contributed by atoms with van der Waals surface area (Å²) in [6.07, 6.45) is 11.3. The second kappa shape index (κ2) is 9.20. The normalized spacial score (nSPS) is 15.4. The minimum Gasteiger partial charge on any atom is -0.391 e. The zero-order chi connectivity index (χ0) is 20.1. The van der Waals surface area contributed by atoms with Crippen LogP contribution in [0.3, 0.4) is 0 Å². The van der Waals surface area contributed by atoms with Gasteiger partial charge in [0.05, 0.1) is 5.69 Å². The maximum Gasteiger partial charge on any atom is 0.0680 e. The Bertz CT molecular complexity index is 1000. The zero-order valence-electron chi connectivity index (χ0n) is 17.0. The molecule has 3 heterocycles. The lowest BCUT2D eigenvalue weighted by Crippen LogP contribution is -2.28. The van der Waals surface area contributed by atoms with Gasteiger partial charge in [0.25, 0.3) is 0 Å². The van der Waals surface area contributed by atoms with E-state index < -0.39 is 0 Å². The second-order valence-corrected chi connectivity index (χ2v) is 8.21. The molecule has 6 heteroatoms. The maximum atomic E-state index is 4.38. The first-order valence-electron chi connectivity index (χ1n) is 9.94. The molecular formula is C23H27N5S. The van der Waals surface area contributed by atoms with Crippen molar-refractivity contribution in [2.45, 2.75) is 26.4 Å². The van der Waals surface area contributed by atoms with Gasteiger partial charge in [0.2, 0.25) is 0 Å². The van der Waals surface area contributed by atoms with Crippen LogP contribution in [0.25, 0.3) is 5.69 Å². The molecule has 0 bridgehead atoms. The highest BCUT2D eigenvalue weighted by Gasteiger charge is 2.17. The van der Waals surface area contributed by atoms with Crippen LogP contribution in [0.4, 0.5) is 0 Å². The van der Waals surface area contributed by atoms with Crippen LogP contribution in [-0.4, -0.2) is 32.2 Å².